The number of nitrogens with one attached hydrogen (secondary N) is 2. The Hall–Kier alpha value is -3.73. The first-order chi connectivity index (χ1) is 16.1. The highest BCUT2D eigenvalue weighted by Gasteiger charge is 2.41. The Morgan fingerprint density at radius 3 is 2.38 bits per heavy atom. The Bertz CT molecular complexity index is 1370. The van der Waals surface area contributed by atoms with Crippen molar-refractivity contribution in [2.24, 2.45) is 0 Å². The summed E-state index contributed by atoms with van der Waals surface area (Å²) in [4.78, 5) is 30.6. The van der Waals surface area contributed by atoms with Gasteiger partial charge in [-0.3, -0.25) is 14.5 Å². The number of H-pyrrole nitrogens is 1. The molecule has 0 saturated carbocycles. The molecule has 0 saturated heterocycles. The van der Waals surface area contributed by atoms with Crippen LogP contribution in [0.2, 0.25) is 0 Å². The van der Waals surface area contributed by atoms with Gasteiger partial charge in [0.05, 0.1) is 16.9 Å². The van der Waals surface area contributed by atoms with E-state index in [1.807, 2.05) is 0 Å². The van der Waals surface area contributed by atoms with Gasteiger partial charge in [0.15, 0.2) is 0 Å². The molecular weight excluding hydrogens is 459 g/mol. The molecule has 3 heterocycles. The standard InChI is InChI=1S/C23H17F5N4O2/c24-13-1-3-16-12(9-13)10-29-8-7-15-17(5-6-19(33)30-15)32-11-31(16)18-4-2-14(23(26,27)28)21(25)20(18)22(32)34/h1-6,9,29H,7-8,10-11H2,(H,30,33). The zero-order valence-corrected chi connectivity index (χ0v) is 17.5. The topological polar surface area (TPSA) is 68.4 Å². The minimum atomic E-state index is -5.01. The molecule has 1 aromatic heterocycles. The predicted octanol–water partition coefficient (Wildman–Crippen LogP) is 4.07. The van der Waals surface area contributed by atoms with Crippen LogP contribution in [-0.4, -0.2) is 24.1 Å². The maximum atomic E-state index is 15.3. The van der Waals surface area contributed by atoms with Crippen LogP contribution in [0.25, 0.3) is 0 Å². The summed E-state index contributed by atoms with van der Waals surface area (Å²) < 4.78 is 69.7. The third-order valence-corrected chi connectivity index (χ3v) is 5.92. The van der Waals surface area contributed by atoms with Crippen LogP contribution >= 0.6 is 0 Å². The fourth-order valence-corrected chi connectivity index (χ4v) is 4.37. The molecule has 0 radical (unpaired) electrons. The van der Waals surface area contributed by atoms with Gasteiger partial charge < -0.3 is 15.2 Å². The Kier molecular flexibility index (Phi) is 5.16. The molecule has 2 aliphatic heterocycles. The molecule has 0 atom stereocenters. The van der Waals surface area contributed by atoms with E-state index in [0.29, 0.717) is 29.6 Å². The van der Waals surface area contributed by atoms with E-state index >= 15 is 4.39 Å². The molecule has 0 aliphatic carbocycles. The van der Waals surface area contributed by atoms with E-state index in [0.717, 1.165) is 11.0 Å². The van der Waals surface area contributed by atoms with Crippen LogP contribution in [0, 0.1) is 11.6 Å². The number of amides is 1. The molecule has 1 amide bonds. The molecule has 11 heteroatoms. The molecular formula is C23H17F5N4O2. The maximum absolute atomic E-state index is 15.3. The lowest BCUT2D eigenvalue weighted by Gasteiger charge is -2.39. The summed E-state index contributed by atoms with van der Waals surface area (Å²) >= 11 is 0. The van der Waals surface area contributed by atoms with Gasteiger partial charge >= 0.3 is 6.18 Å². The van der Waals surface area contributed by atoms with Gasteiger partial charge in [0.25, 0.3) is 5.91 Å². The van der Waals surface area contributed by atoms with Crippen LogP contribution in [0.15, 0.2) is 47.3 Å². The highest BCUT2D eigenvalue weighted by Crippen LogP contribution is 2.42. The number of hydrogen-bond donors (Lipinski definition) is 2. The number of benzene rings is 2. The highest BCUT2D eigenvalue weighted by atomic mass is 19.4. The number of aromatic nitrogens is 1. The first-order valence-corrected chi connectivity index (χ1v) is 10.4. The normalized spacial score (nSPS) is 15.9. The number of nitrogens with zero attached hydrogens (tertiary/aromatic N) is 2. The van der Waals surface area contributed by atoms with E-state index in [9.17, 15) is 27.2 Å². The molecule has 2 aromatic carbocycles. The van der Waals surface area contributed by atoms with Crippen LogP contribution in [0.4, 0.5) is 39.0 Å². The van der Waals surface area contributed by atoms with Crippen molar-refractivity contribution >= 4 is 23.0 Å². The van der Waals surface area contributed by atoms with Crippen molar-refractivity contribution in [3.8, 4) is 0 Å². The van der Waals surface area contributed by atoms with E-state index in [2.05, 4.69) is 10.3 Å². The molecule has 3 aromatic rings. The second-order valence-electron chi connectivity index (χ2n) is 8.01. The van der Waals surface area contributed by atoms with Crippen molar-refractivity contribution in [1.82, 2.24) is 10.3 Å². The zero-order valence-electron chi connectivity index (χ0n) is 17.5. The number of hydrogen-bond acceptors (Lipinski definition) is 4. The van der Waals surface area contributed by atoms with Crippen molar-refractivity contribution in [2.75, 3.05) is 23.0 Å². The number of pyridine rings is 1. The molecule has 34 heavy (non-hydrogen) atoms. The molecule has 176 valence electrons. The summed E-state index contributed by atoms with van der Waals surface area (Å²) in [6, 6.07) is 8.10. The lowest BCUT2D eigenvalue weighted by molar-refractivity contribution is -0.140. The van der Waals surface area contributed by atoms with E-state index in [4.69, 9.17) is 0 Å². The number of rotatable bonds is 0. The number of aromatic amines is 1. The SMILES string of the molecule is O=C1c2c(ccc(C(F)(F)F)c2F)N2CN1c1ccc(=O)[nH]c1CCNCc1cc(F)ccc12. The largest absolute Gasteiger partial charge is 0.419 e. The van der Waals surface area contributed by atoms with Gasteiger partial charge in [-0.25, -0.2) is 8.78 Å². The molecule has 0 unspecified atom stereocenters. The second-order valence-corrected chi connectivity index (χ2v) is 8.01. The summed E-state index contributed by atoms with van der Waals surface area (Å²) in [5, 5.41) is 3.14. The Balaban J connectivity index is 1.80. The molecule has 5 rings (SSSR count). The van der Waals surface area contributed by atoms with Crippen molar-refractivity contribution in [2.45, 2.75) is 19.1 Å². The number of carbonyl (C=O) groups excluding carboxylic acids is 1. The number of alkyl halides is 3. The average Bonchev–Trinajstić information content (AvgIpc) is 2.79. The van der Waals surface area contributed by atoms with Crippen molar-refractivity contribution in [3.63, 3.8) is 0 Å². The van der Waals surface area contributed by atoms with Crippen molar-refractivity contribution in [1.29, 1.82) is 0 Å². The van der Waals surface area contributed by atoms with Crippen molar-refractivity contribution < 1.29 is 26.7 Å². The Labute approximate surface area is 189 Å². The lowest BCUT2D eigenvalue weighted by Crippen LogP contribution is -2.46. The van der Waals surface area contributed by atoms with E-state index < -0.39 is 40.4 Å². The summed E-state index contributed by atoms with van der Waals surface area (Å²) in [5.41, 5.74) is -1.32. The number of halogens is 5. The van der Waals surface area contributed by atoms with Gasteiger partial charge in [-0.15, -0.1) is 0 Å². The minimum Gasteiger partial charge on any atom is -0.324 e. The quantitative estimate of drug-likeness (QED) is 0.480. The zero-order chi connectivity index (χ0) is 24.2. The fraction of sp³-hybridized carbons (Fsp3) is 0.217. The smallest absolute Gasteiger partial charge is 0.324 e. The van der Waals surface area contributed by atoms with E-state index in [-0.39, 0.29) is 31.0 Å². The van der Waals surface area contributed by atoms with Crippen LogP contribution in [-0.2, 0) is 19.1 Å². The minimum absolute atomic E-state index is 0.0650. The van der Waals surface area contributed by atoms with Crippen LogP contribution in [0.1, 0.15) is 27.2 Å². The van der Waals surface area contributed by atoms with Gasteiger partial charge in [0.2, 0.25) is 5.56 Å². The third kappa shape index (κ3) is 3.61. The Morgan fingerprint density at radius 2 is 1.62 bits per heavy atom. The lowest BCUT2D eigenvalue weighted by atomic mass is 10.0. The first-order valence-electron chi connectivity index (χ1n) is 10.4. The number of fused-ring (bicyclic) bond motifs is 8. The van der Waals surface area contributed by atoms with E-state index in [1.54, 1.807) is 0 Å². The summed E-state index contributed by atoms with van der Waals surface area (Å²) in [6.45, 7) is 0.362. The van der Waals surface area contributed by atoms with Crippen LogP contribution in [0.5, 0.6) is 0 Å². The molecule has 2 bridgehead atoms. The van der Waals surface area contributed by atoms with Gasteiger partial charge in [-0.2, -0.15) is 13.2 Å². The third-order valence-electron chi connectivity index (χ3n) is 5.92. The average molecular weight is 476 g/mol. The maximum Gasteiger partial charge on any atom is 0.419 e. The Morgan fingerprint density at radius 1 is 0.882 bits per heavy atom. The van der Waals surface area contributed by atoms with Crippen molar-refractivity contribution in [3.05, 3.63) is 86.8 Å². The molecule has 0 fully saturated rings. The van der Waals surface area contributed by atoms with Crippen LogP contribution < -0.4 is 20.7 Å². The summed E-state index contributed by atoms with van der Waals surface area (Å²) in [5.74, 6) is -3.18. The molecule has 2 aliphatic rings. The molecule has 2 N–H and O–H groups in total. The predicted molar refractivity (Wildman–Crippen MR) is 114 cm³/mol. The number of carbonyl (C=O) groups is 1. The first kappa shape index (κ1) is 22.1. The molecule has 0 spiro atoms. The van der Waals surface area contributed by atoms with Crippen LogP contribution in [0.3, 0.4) is 0 Å². The van der Waals surface area contributed by atoms with Gasteiger partial charge in [-0.05, 0) is 42.0 Å². The van der Waals surface area contributed by atoms with Gasteiger partial charge in [-0.1, -0.05) is 0 Å². The van der Waals surface area contributed by atoms with Gasteiger partial charge in [0.1, 0.15) is 23.9 Å². The van der Waals surface area contributed by atoms with Gasteiger partial charge in [0, 0.05) is 37.0 Å². The summed E-state index contributed by atoms with van der Waals surface area (Å²) in [6.07, 6.45) is -4.75. The molecule has 6 nitrogen and oxygen atoms in total. The monoisotopic (exact) mass is 476 g/mol. The highest BCUT2D eigenvalue weighted by molar-refractivity contribution is 6.13. The summed E-state index contributed by atoms with van der Waals surface area (Å²) in [7, 11) is 0. The van der Waals surface area contributed by atoms with E-state index in [1.165, 1.54) is 35.2 Å². The number of anilines is 3. The fourth-order valence-electron chi connectivity index (χ4n) is 4.37. The second kappa shape index (κ2) is 7.94.